The zero-order valence-corrected chi connectivity index (χ0v) is 9.64. The molecule has 0 fully saturated rings. The van der Waals surface area contributed by atoms with E-state index in [1.54, 1.807) is 6.92 Å². The number of aliphatic hydroxyl groups is 1. The van der Waals surface area contributed by atoms with Crippen molar-refractivity contribution in [1.29, 1.82) is 0 Å². The van der Waals surface area contributed by atoms with Crippen LogP contribution in [-0.2, 0) is 0 Å². The lowest BCUT2D eigenvalue weighted by atomic mass is 10.1. The lowest BCUT2D eigenvalue weighted by Gasteiger charge is -2.09. The third-order valence-corrected chi connectivity index (χ3v) is 2.30. The second-order valence-electron chi connectivity index (χ2n) is 3.77. The van der Waals surface area contributed by atoms with Gasteiger partial charge in [0.2, 0.25) is 0 Å². The summed E-state index contributed by atoms with van der Waals surface area (Å²) in [6.45, 7) is 3.18. The van der Waals surface area contributed by atoms with Crippen LogP contribution >= 0.6 is 0 Å². The molecule has 1 unspecified atom stereocenters. The maximum absolute atomic E-state index is 11.7. The van der Waals surface area contributed by atoms with Crippen LogP contribution < -0.4 is 5.32 Å². The van der Waals surface area contributed by atoms with Crippen molar-refractivity contribution in [3.05, 3.63) is 39.4 Å². The van der Waals surface area contributed by atoms with Gasteiger partial charge in [-0.15, -0.1) is 0 Å². The molecule has 0 saturated heterocycles. The quantitative estimate of drug-likeness (QED) is 0.605. The van der Waals surface area contributed by atoms with E-state index in [-0.39, 0.29) is 17.8 Å². The molecule has 2 N–H and O–H groups in total. The third kappa shape index (κ3) is 3.25. The zero-order valence-electron chi connectivity index (χ0n) is 9.64. The molecule has 0 aliphatic rings. The Bertz CT molecular complexity index is 443. The number of hydrogen-bond donors (Lipinski definition) is 2. The summed E-state index contributed by atoms with van der Waals surface area (Å²) >= 11 is 0. The summed E-state index contributed by atoms with van der Waals surface area (Å²) in [6, 6.07) is 4.32. The number of rotatable bonds is 4. The Morgan fingerprint density at radius 1 is 1.59 bits per heavy atom. The first-order chi connectivity index (χ1) is 7.93. The van der Waals surface area contributed by atoms with Crippen LogP contribution in [0.2, 0.25) is 0 Å². The van der Waals surface area contributed by atoms with E-state index in [2.05, 4.69) is 5.32 Å². The van der Waals surface area contributed by atoms with E-state index < -0.39 is 16.9 Å². The van der Waals surface area contributed by atoms with Gasteiger partial charge in [-0.25, -0.2) is 0 Å². The SMILES string of the molecule is Cc1c(C(=O)NCC(C)O)cccc1[N+](=O)[O-]. The minimum atomic E-state index is -0.655. The molecule has 1 atom stereocenters. The molecule has 6 nitrogen and oxygen atoms in total. The number of nitro groups is 1. The molecule has 0 radical (unpaired) electrons. The molecule has 1 rings (SSSR count). The highest BCUT2D eigenvalue weighted by atomic mass is 16.6. The molecule has 1 aromatic rings. The Hall–Kier alpha value is -1.95. The van der Waals surface area contributed by atoms with Crippen LogP contribution in [-0.4, -0.2) is 28.6 Å². The van der Waals surface area contributed by atoms with E-state index in [0.717, 1.165) is 0 Å². The van der Waals surface area contributed by atoms with Gasteiger partial charge >= 0.3 is 0 Å². The van der Waals surface area contributed by atoms with Gasteiger partial charge in [-0.1, -0.05) is 6.07 Å². The van der Waals surface area contributed by atoms with Gasteiger partial charge in [0.15, 0.2) is 0 Å². The topological polar surface area (TPSA) is 92.5 Å². The highest BCUT2D eigenvalue weighted by Gasteiger charge is 2.17. The molecule has 0 aromatic heterocycles. The molecule has 1 amide bonds. The Kier molecular flexibility index (Phi) is 4.17. The summed E-state index contributed by atoms with van der Waals surface area (Å²) in [4.78, 5) is 21.9. The van der Waals surface area contributed by atoms with Gasteiger partial charge in [0.05, 0.1) is 11.0 Å². The fourth-order valence-corrected chi connectivity index (χ4v) is 1.40. The van der Waals surface area contributed by atoms with Crippen molar-refractivity contribution in [2.75, 3.05) is 6.54 Å². The number of carbonyl (C=O) groups excluding carboxylic acids is 1. The van der Waals surface area contributed by atoms with Gasteiger partial charge in [0.1, 0.15) is 0 Å². The number of carbonyl (C=O) groups is 1. The number of benzene rings is 1. The number of amides is 1. The van der Waals surface area contributed by atoms with Crippen LogP contribution in [0.5, 0.6) is 0 Å². The van der Waals surface area contributed by atoms with Crippen LogP contribution in [0.3, 0.4) is 0 Å². The van der Waals surface area contributed by atoms with E-state index in [9.17, 15) is 14.9 Å². The zero-order chi connectivity index (χ0) is 13.0. The Morgan fingerprint density at radius 2 is 2.24 bits per heavy atom. The Labute approximate surface area is 98.4 Å². The molecule has 0 bridgehead atoms. The van der Waals surface area contributed by atoms with Crippen LogP contribution in [0.15, 0.2) is 18.2 Å². The van der Waals surface area contributed by atoms with Gasteiger partial charge in [-0.05, 0) is 19.9 Å². The summed E-state index contributed by atoms with van der Waals surface area (Å²) in [5.74, 6) is -0.424. The van der Waals surface area contributed by atoms with Crippen molar-refractivity contribution in [3.8, 4) is 0 Å². The predicted octanol–water partition coefficient (Wildman–Crippen LogP) is 1.01. The molecule has 0 aliphatic carbocycles. The van der Waals surface area contributed by atoms with Crippen molar-refractivity contribution >= 4 is 11.6 Å². The van der Waals surface area contributed by atoms with Crippen molar-refractivity contribution in [1.82, 2.24) is 5.32 Å². The first kappa shape index (κ1) is 13.1. The van der Waals surface area contributed by atoms with Crippen LogP contribution in [0, 0.1) is 17.0 Å². The molecule has 6 heteroatoms. The van der Waals surface area contributed by atoms with Gasteiger partial charge in [-0.2, -0.15) is 0 Å². The average molecular weight is 238 g/mol. The maximum Gasteiger partial charge on any atom is 0.273 e. The second kappa shape index (κ2) is 5.40. The van der Waals surface area contributed by atoms with Crippen LogP contribution in [0.25, 0.3) is 0 Å². The fraction of sp³-hybridized carbons (Fsp3) is 0.364. The van der Waals surface area contributed by atoms with Crippen molar-refractivity contribution in [2.45, 2.75) is 20.0 Å². The third-order valence-electron chi connectivity index (χ3n) is 2.30. The molecule has 1 aromatic carbocycles. The summed E-state index contributed by atoms with van der Waals surface area (Å²) in [5.41, 5.74) is 0.482. The fourth-order valence-electron chi connectivity index (χ4n) is 1.40. The largest absolute Gasteiger partial charge is 0.392 e. The Morgan fingerprint density at radius 3 is 2.76 bits per heavy atom. The highest BCUT2D eigenvalue weighted by molar-refractivity contribution is 5.96. The van der Waals surface area contributed by atoms with Crippen molar-refractivity contribution in [2.24, 2.45) is 0 Å². The number of aliphatic hydroxyl groups excluding tert-OH is 1. The summed E-state index contributed by atoms with van der Waals surface area (Å²) < 4.78 is 0. The maximum atomic E-state index is 11.7. The summed E-state index contributed by atoms with van der Waals surface area (Å²) in [6.07, 6.45) is -0.655. The van der Waals surface area contributed by atoms with Crippen molar-refractivity contribution < 1.29 is 14.8 Å². The van der Waals surface area contributed by atoms with E-state index in [0.29, 0.717) is 5.56 Å². The highest BCUT2D eigenvalue weighted by Crippen LogP contribution is 2.20. The van der Waals surface area contributed by atoms with E-state index in [4.69, 9.17) is 5.11 Å². The van der Waals surface area contributed by atoms with E-state index in [1.165, 1.54) is 25.1 Å². The molecule has 17 heavy (non-hydrogen) atoms. The van der Waals surface area contributed by atoms with Crippen LogP contribution in [0.4, 0.5) is 5.69 Å². The van der Waals surface area contributed by atoms with Crippen LogP contribution in [0.1, 0.15) is 22.8 Å². The molecule has 0 aliphatic heterocycles. The van der Waals surface area contributed by atoms with Gasteiger partial charge in [0.25, 0.3) is 11.6 Å². The molecular formula is C11H14N2O4. The number of nitrogens with one attached hydrogen (secondary N) is 1. The molecule has 92 valence electrons. The lowest BCUT2D eigenvalue weighted by molar-refractivity contribution is -0.385. The molecular weight excluding hydrogens is 224 g/mol. The van der Waals surface area contributed by atoms with Gasteiger partial charge < -0.3 is 10.4 Å². The standard InChI is InChI=1S/C11H14N2O4/c1-7(14)6-12-11(15)9-4-3-5-10(8(9)2)13(16)17/h3-5,7,14H,6H2,1-2H3,(H,12,15). The average Bonchev–Trinajstić information content (AvgIpc) is 2.25. The monoisotopic (exact) mass is 238 g/mol. The number of hydrogen-bond acceptors (Lipinski definition) is 4. The second-order valence-corrected chi connectivity index (χ2v) is 3.77. The number of nitrogens with zero attached hydrogens (tertiary/aromatic N) is 1. The smallest absolute Gasteiger partial charge is 0.273 e. The minimum Gasteiger partial charge on any atom is -0.392 e. The number of nitro benzene ring substituents is 1. The molecule has 0 heterocycles. The van der Waals surface area contributed by atoms with E-state index in [1.807, 2.05) is 0 Å². The lowest BCUT2D eigenvalue weighted by Crippen LogP contribution is -2.31. The molecule has 0 saturated carbocycles. The summed E-state index contributed by atoms with van der Waals surface area (Å²) in [5, 5.41) is 22.2. The normalized spacial score (nSPS) is 11.9. The van der Waals surface area contributed by atoms with E-state index >= 15 is 0 Å². The van der Waals surface area contributed by atoms with Gasteiger partial charge in [-0.3, -0.25) is 14.9 Å². The van der Waals surface area contributed by atoms with Gasteiger partial charge in [0, 0.05) is 23.7 Å². The summed E-state index contributed by atoms with van der Waals surface area (Å²) in [7, 11) is 0. The molecule has 0 spiro atoms. The van der Waals surface area contributed by atoms with Crippen molar-refractivity contribution in [3.63, 3.8) is 0 Å². The first-order valence-electron chi connectivity index (χ1n) is 5.13. The first-order valence-corrected chi connectivity index (χ1v) is 5.13. The Balaban J connectivity index is 2.95. The predicted molar refractivity (Wildman–Crippen MR) is 61.8 cm³/mol. The minimum absolute atomic E-state index is 0.0882.